The molecule has 7 heteroatoms. The van der Waals surface area contributed by atoms with E-state index in [0.717, 1.165) is 18.9 Å². The van der Waals surface area contributed by atoms with E-state index in [-0.39, 0.29) is 12.5 Å². The monoisotopic (exact) mass is 293 g/mol. The molecule has 0 bridgehead atoms. The first-order chi connectivity index (χ1) is 9.36. The van der Waals surface area contributed by atoms with E-state index in [2.05, 4.69) is 10.6 Å². The summed E-state index contributed by atoms with van der Waals surface area (Å²) in [5, 5.41) is 15.4. The van der Waals surface area contributed by atoms with Crippen molar-refractivity contribution in [2.45, 2.75) is 44.8 Å². The lowest BCUT2D eigenvalue weighted by Crippen LogP contribution is -2.47. The molecule has 0 spiro atoms. The largest absolute Gasteiger partial charge is 0.395 e. The summed E-state index contributed by atoms with van der Waals surface area (Å²) < 4.78 is 37.4. The highest BCUT2D eigenvalue weighted by Crippen LogP contribution is 2.32. The van der Waals surface area contributed by atoms with Crippen molar-refractivity contribution < 1.29 is 18.3 Å². The fraction of sp³-hybridized carbons (Fsp3) is 0.692. The highest BCUT2D eigenvalue weighted by molar-refractivity contribution is 5.23. The molecule has 116 valence electrons. The average Bonchev–Trinajstić information content (AvgIpc) is 2.37. The number of nitrogens with one attached hydrogen (secondary N) is 2. The Morgan fingerprint density at radius 1 is 1.50 bits per heavy atom. The third-order valence-electron chi connectivity index (χ3n) is 3.23. The number of nitrogens with two attached hydrogens (primary N) is 1. The van der Waals surface area contributed by atoms with Crippen LogP contribution >= 0.6 is 0 Å². The van der Waals surface area contributed by atoms with Crippen molar-refractivity contribution in [3.8, 4) is 0 Å². The molecule has 0 aromatic heterocycles. The number of hydrogen-bond acceptors (Lipinski definition) is 4. The van der Waals surface area contributed by atoms with Gasteiger partial charge in [0.1, 0.15) is 0 Å². The molecule has 0 saturated carbocycles. The molecule has 0 aromatic carbocycles. The third kappa shape index (κ3) is 5.52. The third-order valence-corrected chi connectivity index (χ3v) is 3.23. The van der Waals surface area contributed by atoms with Crippen LogP contribution in [0.5, 0.6) is 0 Å². The lowest BCUT2D eigenvalue weighted by Gasteiger charge is -2.25. The number of aliphatic hydroxyl groups excluding tert-OH is 1. The maximum Gasteiger partial charge on any atom is 0.395 e. The molecule has 3 unspecified atom stereocenters. The van der Waals surface area contributed by atoms with Crippen LogP contribution in [0.25, 0.3) is 0 Å². The summed E-state index contributed by atoms with van der Waals surface area (Å²) in [5.74, 6) is -1.45. The summed E-state index contributed by atoms with van der Waals surface area (Å²) in [6.07, 6.45) is 0.0697. The molecule has 0 heterocycles. The van der Waals surface area contributed by atoms with Crippen molar-refractivity contribution in [1.29, 1.82) is 0 Å². The summed E-state index contributed by atoms with van der Waals surface area (Å²) in [4.78, 5) is 0. The lowest BCUT2D eigenvalue weighted by atomic mass is 9.99. The van der Waals surface area contributed by atoms with E-state index in [9.17, 15) is 18.3 Å². The van der Waals surface area contributed by atoms with Crippen LogP contribution in [0.4, 0.5) is 13.2 Å². The maximum atomic E-state index is 12.5. The molecule has 0 aliphatic heterocycles. The minimum Gasteiger partial charge on any atom is -0.361 e. The molecule has 3 atom stereocenters. The Labute approximate surface area is 116 Å². The van der Waals surface area contributed by atoms with Crippen LogP contribution in [0.2, 0.25) is 0 Å². The van der Waals surface area contributed by atoms with Crippen molar-refractivity contribution in [2.75, 3.05) is 6.54 Å². The van der Waals surface area contributed by atoms with Crippen LogP contribution in [0.3, 0.4) is 0 Å². The van der Waals surface area contributed by atoms with Gasteiger partial charge in [-0.05, 0) is 31.9 Å². The van der Waals surface area contributed by atoms with Crippen molar-refractivity contribution in [3.05, 3.63) is 23.9 Å². The van der Waals surface area contributed by atoms with E-state index in [1.165, 1.54) is 12.2 Å². The van der Waals surface area contributed by atoms with Gasteiger partial charge in [-0.3, -0.25) is 5.32 Å². The predicted octanol–water partition coefficient (Wildman–Crippen LogP) is 1.59. The zero-order chi connectivity index (χ0) is 15.2. The molecule has 4 nitrogen and oxygen atoms in total. The zero-order valence-corrected chi connectivity index (χ0v) is 11.5. The smallest absolute Gasteiger partial charge is 0.361 e. The Hall–Kier alpha value is -1.05. The van der Waals surface area contributed by atoms with Crippen molar-refractivity contribution in [1.82, 2.24) is 10.6 Å². The lowest BCUT2D eigenvalue weighted by molar-refractivity contribution is -0.160. The van der Waals surface area contributed by atoms with E-state index < -0.39 is 18.4 Å². The molecule has 0 saturated heterocycles. The average molecular weight is 293 g/mol. The first-order valence-electron chi connectivity index (χ1n) is 6.72. The molecule has 0 radical (unpaired) electrons. The normalized spacial score (nSPS) is 22.3. The summed E-state index contributed by atoms with van der Waals surface area (Å²) in [6.45, 7) is 2.47. The Morgan fingerprint density at radius 3 is 2.65 bits per heavy atom. The van der Waals surface area contributed by atoms with Gasteiger partial charge in [0.2, 0.25) is 0 Å². The van der Waals surface area contributed by atoms with Crippen LogP contribution < -0.4 is 16.4 Å². The topological polar surface area (TPSA) is 70.3 Å². The van der Waals surface area contributed by atoms with E-state index in [4.69, 9.17) is 5.73 Å². The number of hydrogen-bond donors (Lipinski definition) is 4. The van der Waals surface area contributed by atoms with Crippen LogP contribution in [0.1, 0.15) is 26.2 Å². The Bertz CT molecular complexity index is 355. The van der Waals surface area contributed by atoms with Gasteiger partial charge in [0.15, 0.2) is 6.35 Å². The van der Waals surface area contributed by atoms with Gasteiger partial charge >= 0.3 is 6.18 Å². The molecule has 5 N–H and O–H groups in total. The van der Waals surface area contributed by atoms with Gasteiger partial charge < -0.3 is 16.2 Å². The Kier molecular flexibility index (Phi) is 6.51. The van der Waals surface area contributed by atoms with Crippen LogP contribution in [-0.4, -0.2) is 30.2 Å². The van der Waals surface area contributed by atoms with Crippen molar-refractivity contribution in [2.24, 2.45) is 11.7 Å². The second-order valence-electron chi connectivity index (χ2n) is 4.80. The van der Waals surface area contributed by atoms with E-state index in [1.54, 1.807) is 0 Å². The number of halogens is 3. The van der Waals surface area contributed by atoms with E-state index >= 15 is 0 Å². The van der Waals surface area contributed by atoms with Crippen LogP contribution in [0, 0.1) is 5.92 Å². The number of alkyl halides is 3. The van der Waals surface area contributed by atoms with Gasteiger partial charge in [0.05, 0.1) is 5.92 Å². The summed E-state index contributed by atoms with van der Waals surface area (Å²) in [6, 6.07) is 0.0681. The molecule has 1 aliphatic carbocycles. The molecular weight excluding hydrogens is 271 g/mol. The van der Waals surface area contributed by atoms with Crippen LogP contribution in [-0.2, 0) is 0 Å². The summed E-state index contributed by atoms with van der Waals surface area (Å²) in [7, 11) is 0. The second-order valence-corrected chi connectivity index (χ2v) is 4.80. The molecule has 0 amide bonds. The first kappa shape index (κ1) is 17.0. The SMILES string of the molecule is CCC(CCN)NC(O)NC1=CCC(C(F)(F)F)C=C1. The first-order valence-corrected chi connectivity index (χ1v) is 6.72. The van der Waals surface area contributed by atoms with Crippen molar-refractivity contribution in [3.63, 3.8) is 0 Å². The van der Waals surface area contributed by atoms with Crippen LogP contribution in [0.15, 0.2) is 23.9 Å². The van der Waals surface area contributed by atoms with E-state index in [1.807, 2.05) is 6.92 Å². The minimum absolute atomic E-state index is 0.0681. The van der Waals surface area contributed by atoms with E-state index in [0.29, 0.717) is 12.2 Å². The van der Waals surface area contributed by atoms with Gasteiger partial charge in [0, 0.05) is 11.7 Å². The maximum absolute atomic E-state index is 12.5. The summed E-state index contributed by atoms with van der Waals surface area (Å²) in [5.41, 5.74) is 5.93. The highest BCUT2D eigenvalue weighted by Gasteiger charge is 2.37. The van der Waals surface area contributed by atoms with Gasteiger partial charge in [0.25, 0.3) is 0 Å². The second kappa shape index (κ2) is 7.66. The highest BCUT2D eigenvalue weighted by atomic mass is 19.4. The molecular formula is C13H22F3N3O. The number of allylic oxidation sites excluding steroid dienone is 3. The van der Waals surface area contributed by atoms with Gasteiger partial charge in [-0.1, -0.05) is 19.1 Å². The summed E-state index contributed by atoms with van der Waals surface area (Å²) >= 11 is 0. The molecule has 20 heavy (non-hydrogen) atoms. The fourth-order valence-electron chi connectivity index (χ4n) is 2.00. The molecule has 1 aliphatic rings. The van der Waals surface area contributed by atoms with Crippen molar-refractivity contribution >= 4 is 0 Å². The molecule has 0 aromatic rings. The molecule has 0 fully saturated rings. The zero-order valence-electron chi connectivity index (χ0n) is 11.5. The Balaban J connectivity index is 2.43. The van der Waals surface area contributed by atoms with Gasteiger partial charge in [-0.2, -0.15) is 13.2 Å². The standard InChI is InChI=1S/C13H22F3N3O/c1-2-10(7-8-17)18-12(20)19-11-5-3-9(4-6-11)13(14,15)16/h3,5-6,9-10,12,18-20H,2,4,7-8,17H2,1H3. The Morgan fingerprint density at radius 2 is 2.20 bits per heavy atom. The predicted molar refractivity (Wildman–Crippen MR) is 71.4 cm³/mol. The minimum atomic E-state index is -4.22. The number of aliphatic hydroxyl groups is 1. The fourth-order valence-corrected chi connectivity index (χ4v) is 2.00. The quantitative estimate of drug-likeness (QED) is 0.538. The van der Waals surface area contributed by atoms with Gasteiger partial charge in [-0.25, -0.2) is 0 Å². The number of rotatable bonds is 7. The van der Waals surface area contributed by atoms with Gasteiger partial charge in [-0.15, -0.1) is 0 Å². The molecule has 1 rings (SSSR count).